The SMILES string of the molecule is CCN(CC)CCOc1ccccc1CNC(=O)C1CC(=O)N(c2ccc3c(c2)OCCO3)C1. The molecule has 0 aliphatic carbocycles. The number of hydrogen-bond acceptors (Lipinski definition) is 6. The minimum atomic E-state index is -0.406. The van der Waals surface area contributed by atoms with Gasteiger partial charge in [0, 0.05) is 43.4 Å². The summed E-state index contributed by atoms with van der Waals surface area (Å²) < 4.78 is 17.2. The standard InChI is InChI=1S/C26H33N3O5/c1-3-28(4-2)11-12-32-22-8-6-5-7-19(22)17-27-26(31)20-15-25(30)29(18-20)21-9-10-23-24(16-21)34-14-13-33-23/h5-10,16,20H,3-4,11-15,17-18H2,1-2H3,(H,27,31). The fourth-order valence-corrected chi connectivity index (χ4v) is 4.27. The molecule has 4 rings (SSSR count). The van der Waals surface area contributed by atoms with Crippen molar-refractivity contribution in [3.63, 3.8) is 0 Å². The summed E-state index contributed by atoms with van der Waals surface area (Å²) in [4.78, 5) is 29.5. The van der Waals surface area contributed by atoms with E-state index in [1.165, 1.54) is 0 Å². The molecular formula is C26H33N3O5. The molecule has 1 N–H and O–H groups in total. The third kappa shape index (κ3) is 5.62. The highest BCUT2D eigenvalue weighted by Crippen LogP contribution is 2.36. The van der Waals surface area contributed by atoms with Gasteiger partial charge in [-0.1, -0.05) is 32.0 Å². The number of rotatable bonds is 10. The first-order valence-corrected chi connectivity index (χ1v) is 12.0. The first-order chi connectivity index (χ1) is 16.6. The van der Waals surface area contributed by atoms with Crippen LogP contribution in [-0.4, -0.2) is 62.7 Å². The van der Waals surface area contributed by atoms with Crippen LogP contribution in [0.2, 0.25) is 0 Å². The Labute approximate surface area is 200 Å². The van der Waals surface area contributed by atoms with Crippen LogP contribution in [0.4, 0.5) is 5.69 Å². The maximum absolute atomic E-state index is 12.9. The van der Waals surface area contributed by atoms with Crippen LogP contribution in [0.3, 0.4) is 0 Å². The van der Waals surface area contributed by atoms with Crippen molar-refractivity contribution >= 4 is 17.5 Å². The monoisotopic (exact) mass is 467 g/mol. The van der Waals surface area contributed by atoms with Crippen LogP contribution in [0, 0.1) is 5.92 Å². The van der Waals surface area contributed by atoms with Gasteiger partial charge in [-0.15, -0.1) is 0 Å². The van der Waals surface area contributed by atoms with Crippen LogP contribution in [0.5, 0.6) is 17.2 Å². The zero-order valence-corrected chi connectivity index (χ0v) is 19.9. The molecule has 8 nitrogen and oxygen atoms in total. The number of fused-ring (bicyclic) bond motifs is 1. The van der Waals surface area contributed by atoms with E-state index in [9.17, 15) is 9.59 Å². The Balaban J connectivity index is 1.32. The molecule has 182 valence electrons. The van der Waals surface area contributed by atoms with E-state index >= 15 is 0 Å². The molecule has 1 fully saturated rings. The number of para-hydroxylation sites is 1. The van der Waals surface area contributed by atoms with E-state index in [4.69, 9.17) is 14.2 Å². The van der Waals surface area contributed by atoms with Crippen molar-refractivity contribution in [3.05, 3.63) is 48.0 Å². The predicted octanol–water partition coefficient (Wildman–Crippen LogP) is 2.85. The van der Waals surface area contributed by atoms with Crippen LogP contribution in [0.15, 0.2) is 42.5 Å². The lowest BCUT2D eigenvalue weighted by molar-refractivity contribution is -0.126. The van der Waals surface area contributed by atoms with Gasteiger partial charge in [0.2, 0.25) is 11.8 Å². The van der Waals surface area contributed by atoms with Crippen molar-refractivity contribution in [2.45, 2.75) is 26.8 Å². The summed E-state index contributed by atoms with van der Waals surface area (Å²) in [6.45, 7) is 9.38. The molecule has 0 saturated carbocycles. The molecule has 2 aliphatic heterocycles. The fraction of sp³-hybridized carbons (Fsp3) is 0.462. The normalized spacial score (nSPS) is 17.2. The minimum absolute atomic E-state index is 0.0723. The number of anilines is 1. The molecule has 1 unspecified atom stereocenters. The van der Waals surface area contributed by atoms with E-state index in [2.05, 4.69) is 24.1 Å². The van der Waals surface area contributed by atoms with Crippen molar-refractivity contribution in [3.8, 4) is 17.2 Å². The zero-order valence-electron chi connectivity index (χ0n) is 19.9. The summed E-state index contributed by atoms with van der Waals surface area (Å²) in [7, 11) is 0. The van der Waals surface area contributed by atoms with Crippen LogP contribution < -0.4 is 24.4 Å². The number of amides is 2. The molecule has 1 saturated heterocycles. The number of hydrogen-bond donors (Lipinski definition) is 1. The lowest BCUT2D eigenvalue weighted by atomic mass is 10.1. The third-order valence-corrected chi connectivity index (χ3v) is 6.32. The molecular weight excluding hydrogens is 434 g/mol. The Morgan fingerprint density at radius 1 is 1.12 bits per heavy atom. The second-order valence-corrected chi connectivity index (χ2v) is 8.43. The Bertz CT molecular complexity index is 1010. The van der Waals surface area contributed by atoms with Gasteiger partial charge in [0.25, 0.3) is 0 Å². The van der Waals surface area contributed by atoms with Crippen LogP contribution in [0.25, 0.3) is 0 Å². The van der Waals surface area contributed by atoms with Crippen molar-refractivity contribution in [2.24, 2.45) is 5.92 Å². The largest absolute Gasteiger partial charge is 0.492 e. The number of benzene rings is 2. The second-order valence-electron chi connectivity index (χ2n) is 8.43. The average Bonchev–Trinajstić information content (AvgIpc) is 3.27. The molecule has 8 heteroatoms. The third-order valence-electron chi connectivity index (χ3n) is 6.32. The van der Waals surface area contributed by atoms with Crippen molar-refractivity contribution in [1.82, 2.24) is 10.2 Å². The smallest absolute Gasteiger partial charge is 0.227 e. The van der Waals surface area contributed by atoms with Crippen LogP contribution in [0.1, 0.15) is 25.8 Å². The molecule has 34 heavy (non-hydrogen) atoms. The molecule has 2 amide bonds. The number of ether oxygens (including phenoxy) is 3. The van der Waals surface area contributed by atoms with E-state index in [-0.39, 0.29) is 18.2 Å². The van der Waals surface area contributed by atoms with Crippen molar-refractivity contribution in [2.75, 3.05) is 50.9 Å². The first-order valence-electron chi connectivity index (χ1n) is 12.0. The van der Waals surface area contributed by atoms with Gasteiger partial charge >= 0.3 is 0 Å². The highest BCUT2D eigenvalue weighted by atomic mass is 16.6. The summed E-state index contributed by atoms with van der Waals surface area (Å²) in [5.74, 6) is 1.46. The van der Waals surface area contributed by atoms with Crippen molar-refractivity contribution < 1.29 is 23.8 Å². The van der Waals surface area contributed by atoms with Gasteiger partial charge in [-0.2, -0.15) is 0 Å². The Morgan fingerprint density at radius 2 is 1.88 bits per heavy atom. The second kappa shape index (κ2) is 11.2. The number of nitrogens with zero attached hydrogens (tertiary/aromatic N) is 2. The van der Waals surface area contributed by atoms with Gasteiger partial charge in [0.05, 0.1) is 5.92 Å². The lowest BCUT2D eigenvalue weighted by Crippen LogP contribution is -2.33. The number of carbonyl (C=O) groups is 2. The van der Waals surface area contributed by atoms with E-state index < -0.39 is 5.92 Å². The van der Waals surface area contributed by atoms with Crippen LogP contribution >= 0.6 is 0 Å². The van der Waals surface area contributed by atoms with E-state index in [0.717, 1.165) is 36.6 Å². The van der Waals surface area contributed by atoms with Gasteiger partial charge in [-0.3, -0.25) is 9.59 Å². The summed E-state index contributed by atoms with van der Waals surface area (Å²) in [5.41, 5.74) is 1.64. The average molecular weight is 468 g/mol. The Morgan fingerprint density at radius 3 is 2.68 bits per heavy atom. The van der Waals surface area contributed by atoms with Gasteiger partial charge in [-0.05, 0) is 31.3 Å². The highest BCUT2D eigenvalue weighted by molar-refractivity contribution is 6.00. The minimum Gasteiger partial charge on any atom is -0.492 e. The summed E-state index contributed by atoms with van der Waals surface area (Å²) in [6.07, 6.45) is 0.183. The maximum atomic E-state index is 12.9. The first kappa shape index (κ1) is 23.9. The molecule has 0 aromatic heterocycles. The Hall–Kier alpha value is -3.26. The molecule has 2 heterocycles. The van der Waals surface area contributed by atoms with Gasteiger partial charge in [0.15, 0.2) is 11.5 Å². The Kier molecular flexibility index (Phi) is 7.90. The zero-order chi connectivity index (χ0) is 23.9. The molecule has 2 aromatic carbocycles. The molecule has 1 atom stereocenters. The highest BCUT2D eigenvalue weighted by Gasteiger charge is 2.35. The number of carbonyl (C=O) groups excluding carboxylic acids is 2. The molecule has 0 spiro atoms. The molecule has 2 aliphatic rings. The van der Waals surface area contributed by atoms with Gasteiger partial charge < -0.3 is 29.3 Å². The topological polar surface area (TPSA) is 80.3 Å². The lowest BCUT2D eigenvalue weighted by Gasteiger charge is -2.22. The predicted molar refractivity (Wildman–Crippen MR) is 129 cm³/mol. The summed E-state index contributed by atoms with van der Waals surface area (Å²) in [5, 5.41) is 2.99. The molecule has 2 aromatic rings. The van der Waals surface area contributed by atoms with E-state index in [0.29, 0.717) is 44.4 Å². The number of nitrogens with one attached hydrogen (secondary N) is 1. The van der Waals surface area contributed by atoms with E-state index in [1.54, 1.807) is 11.0 Å². The summed E-state index contributed by atoms with van der Waals surface area (Å²) >= 11 is 0. The fourth-order valence-electron chi connectivity index (χ4n) is 4.27. The maximum Gasteiger partial charge on any atom is 0.227 e. The quantitative estimate of drug-likeness (QED) is 0.579. The van der Waals surface area contributed by atoms with Crippen LogP contribution in [-0.2, 0) is 16.1 Å². The van der Waals surface area contributed by atoms with Crippen molar-refractivity contribution in [1.29, 1.82) is 0 Å². The summed E-state index contributed by atoms with van der Waals surface area (Å²) in [6, 6.07) is 13.2. The van der Waals surface area contributed by atoms with Gasteiger partial charge in [-0.25, -0.2) is 0 Å². The number of likely N-dealkylation sites (N-methyl/N-ethyl adjacent to an activating group) is 1. The van der Waals surface area contributed by atoms with E-state index in [1.807, 2.05) is 36.4 Å². The molecule has 0 bridgehead atoms. The van der Waals surface area contributed by atoms with Gasteiger partial charge in [0.1, 0.15) is 25.6 Å². The molecule has 0 radical (unpaired) electrons.